The van der Waals surface area contributed by atoms with Gasteiger partial charge in [-0.15, -0.1) is 10.2 Å². The minimum Gasteiger partial charge on any atom is -0.493 e. The molecule has 0 saturated heterocycles. The predicted octanol–water partition coefficient (Wildman–Crippen LogP) is 3.85. The van der Waals surface area contributed by atoms with Crippen LogP contribution in [0.2, 0.25) is 0 Å². The molecule has 146 valence electrons. The van der Waals surface area contributed by atoms with Crippen LogP contribution in [-0.4, -0.2) is 25.4 Å². The van der Waals surface area contributed by atoms with E-state index in [2.05, 4.69) is 15.3 Å². The number of amides is 1. The van der Waals surface area contributed by atoms with Gasteiger partial charge in [0.15, 0.2) is 11.4 Å². The quantitative estimate of drug-likeness (QED) is 0.538. The molecule has 0 unspecified atom stereocenters. The molecule has 0 aliphatic rings. The molecule has 2 aromatic carbocycles. The number of aromatic hydroxyl groups is 1. The molecule has 0 saturated carbocycles. The van der Waals surface area contributed by atoms with Crippen LogP contribution in [0.25, 0.3) is 21.7 Å². The van der Waals surface area contributed by atoms with Crippen molar-refractivity contribution in [2.45, 2.75) is 20.4 Å². The Balaban J connectivity index is 1.84. The summed E-state index contributed by atoms with van der Waals surface area (Å²) in [6, 6.07) is 12.5. The fraction of sp³-hybridized carbons (Fsp3) is 0.190. The number of carbonyl (C=O) groups excluding carboxylic acids is 1. The van der Waals surface area contributed by atoms with Gasteiger partial charge in [0, 0.05) is 24.4 Å². The van der Waals surface area contributed by atoms with Crippen LogP contribution in [0.5, 0.6) is 5.88 Å². The van der Waals surface area contributed by atoms with Crippen LogP contribution in [0.3, 0.4) is 0 Å². The maximum atomic E-state index is 12.8. The van der Waals surface area contributed by atoms with Crippen molar-refractivity contribution in [2.75, 3.05) is 0 Å². The number of azo groups is 1. The lowest BCUT2D eigenvalue weighted by atomic mass is 10.1. The summed E-state index contributed by atoms with van der Waals surface area (Å²) in [7, 11) is 1.48. The van der Waals surface area contributed by atoms with Gasteiger partial charge in [-0.3, -0.25) is 9.59 Å². The summed E-state index contributed by atoms with van der Waals surface area (Å²) in [5.41, 5.74) is 1.77. The number of nitrogens with zero attached hydrogens (tertiary/aromatic N) is 5. The van der Waals surface area contributed by atoms with E-state index in [1.54, 1.807) is 28.8 Å². The SMILES string of the molecule is CCn1c(O)c(N=NC(=O)c2nn(C)c(=O)c3ccccc23)c2cc(C)ccc21. The first kappa shape index (κ1) is 18.5. The van der Waals surface area contributed by atoms with Crippen molar-refractivity contribution >= 4 is 33.3 Å². The molecule has 8 nitrogen and oxygen atoms in total. The zero-order valence-corrected chi connectivity index (χ0v) is 16.2. The molecule has 2 aromatic heterocycles. The predicted molar refractivity (Wildman–Crippen MR) is 110 cm³/mol. The molecule has 1 amide bonds. The average Bonchev–Trinajstić information content (AvgIpc) is 2.98. The van der Waals surface area contributed by atoms with E-state index in [0.29, 0.717) is 22.7 Å². The fourth-order valence-electron chi connectivity index (χ4n) is 3.46. The summed E-state index contributed by atoms with van der Waals surface area (Å²) in [5, 5.41) is 24.0. The number of hydrogen-bond donors (Lipinski definition) is 1. The monoisotopic (exact) mass is 389 g/mol. The minimum atomic E-state index is -0.693. The van der Waals surface area contributed by atoms with Crippen LogP contribution < -0.4 is 5.56 Å². The van der Waals surface area contributed by atoms with Gasteiger partial charge in [-0.05, 0) is 32.0 Å². The van der Waals surface area contributed by atoms with Crippen LogP contribution in [-0.2, 0) is 13.6 Å². The molecule has 0 spiro atoms. The van der Waals surface area contributed by atoms with Crippen LogP contribution in [0.4, 0.5) is 5.69 Å². The second kappa shape index (κ2) is 6.97. The summed E-state index contributed by atoms with van der Waals surface area (Å²) >= 11 is 0. The highest BCUT2D eigenvalue weighted by Gasteiger charge is 2.18. The largest absolute Gasteiger partial charge is 0.493 e. The molecule has 0 fully saturated rings. The van der Waals surface area contributed by atoms with Crippen molar-refractivity contribution in [2.24, 2.45) is 17.3 Å². The minimum absolute atomic E-state index is 0.0290. The van der Waals surface area contributed by atoms with E-state index in [-0.39, 0.29) is 22.8 Å². The third-order valence-electron chi connectivity index (χ3n) is 4.88. The Morgan fingerprint density at radius 2 is 1.86 bits per heavy atom. The lowest BCUT2D eigenvalue weighted by Gasteiger charge is -2.04. The maximum absolute atomic E-state index is 12.8. The Bertz CT molecular complexity index is 1360. The van der Waals surface area contributed by atoms with E-state index < -0.39 is 5.91 Å². The molecule has 2 heterocycles. The van der Waals surface area contributed by atoms with Crippen LogP contribution >= 0.6 is 0 Å². The molecule has 4 rings (SSSR count). The summed E-state index contributed by atoms with van der Waals surface area (Å²) < 4.78 is 2.81. The molecule has 0 radical (unpaired) electrons. The summed E-state index contributed by atoms with van der Waals surface area (Å²) in [6.45, 7) is 4.39. The smallest absolute Gasteiger partial charge is 0.316 e. The topological polar surface area (TPSA) is 102 Å². The highest BCUT2D eigenvalue weighted by molar-refractivity contribution is 6.05. The van der Waals surface area contributed by atoms with Gasteiger partial charge in [0.1, 0.15) is 0 Å². The van der Waals surface area contributed by atoms with Crippen LogP contribution in [0, 0.1) is 6.92 Å². The normalized spacial score (nSPS) is 11.7. The van der Waals surface area contributed by atoms with E-state index in [9.17, 15) is 14.7 Å². The standard InChI is InChI=1S/C21H19N5O3/c1-4-26-16-10-9-12(2)11-15(16)18(21(26)29)22-23-19(27)17-13-7-5-6-8-14(13)20(28)25(3)24-17/h5-11,29H,4H2,1-3H3. The van der Waals surface area contributed by atoms with E-state index in [4.69, 9.17) is 0 Å². The highest BCUT2D eigenvalue weighted by atomic mass is 16.3. The Kier molecular flexibility index (Phi) is 4.46. The van der Waals surface area contributed by atoms with Gasteiger partial charge in [-0.25, -0.2) is 4.68 Å². The van der Waals surface area contributed by atoms with Gasteiger partial charge in [0.05, 0.1) is 10.9 Å². The number of aryl methyl sites for hydroxylation is 3. The Morgan fingerprint density at radius 3 is 2.59 bits per heavy atom. The Hall–Kier alpha value is -3.81. The molecular weight excluding hydrogens is 370 g/mol. The zero-order valence-electron chi connectivity index (χ0n) is 16.2. The first-order valence-electron chi connectivity index (χ1n) is 9.16. The average molecular weight is 389 g/mol. The number of aromatic nitrogens is 3. The molecule has 0 atom stereocenters. The highest BCUT2D eigenvalue weighted by Crippen LogP contribution is 2.39. The van der Waals surface area contributed by atoms with Crippen molar-refractivity contribution in [1.82, 2.24) is 14.3 Å². The third kappa shape index (κ3) is 2.98. The van der Waals surface area contributed by atoms with Crippen molar-refractivity contribution in [3.63, 3.8) is 0 Å². The Morgan fingerprint density at radius 1 is 1.14 bits per heavy atom. The lowest BCUT2D eigenvalue weighted by molar-refractivity contribution is 0.0990. The maximum Gasteiger partial charge on any atom is 0.316 e. The number of fused-ring (bicyclic) bond motifs is 2. The number of carbonyl (C=O) groups is 1. The van der Waals surface area contributed by atoms with Crippen molar-refractivity contribution in [1.29, 1.82) is 0 Å². The summed E-state index contributed by atoms with van der Waals surface area (Å²) in [5.74, 6) is -0.746. The first-order valence-corrected chi connectivity index (χ1v) is 9.16. The second-order valence-electron chi connectivity index (χ2n) is 6.77. The summed E-state index contributed by atoms with van der Waals surface area (Å²) in [4.78, 5) is 25.0. The lowest BCUT2D eigenvalue weighted by Crippen LogP contribution is -2.22. The van der Waals surface area contributed by atoms with Crippen molar-refractivity contribution in [3.8, 4) is 5.88 Å². The molecular formula is C21H19N5O3. The van der Waals surface area contributed by atoms with Gasteiger partial charge >= 0.3 is 5.91 Å². The van der Waals surface area contributed by atoms with E-state index in [1.807, 2.05) is 32.0 Å². The molecule has 0 aliphatic heterocycles. The van der Waals surface area contributed by atoms with Gasteiger partial charge < -0.3 is 9.67 Å². The Labute approximate surface area is 165 Å². The summed E-state index contributed by atoms with van der Waals surface area (Å²) in [6.07, 6.45) is 0. The van der Waals surface area contributed by atoms with Gasteiger partial charge in [0.2, 0.25) is 5.88 Å². The first-order chi connectivity index (χ1) is 13.9. The second-order valence-corrected chi connectivity index (χ2v) is 6.77. The number of rotatable bonds is 3. The molecule has 4 aromatic rings. The van der Waals surface area contributed by atoms with E-state index in [0.717, 1.165) is 15.8 Å². The molecule has 0 bridgehead atoms. The zero-order chi connectivity index (χ0) is 20.7. The van der Waals surface area contributed by atoms with Gasteiger partial charge in [0.25, 0.3) is 5.56 Å². The fourth-order valence-corrected chi connectivity index (χ4v) is 3.46. The number of benzene rings is 2. The van der Waals surface area contributed by atoms with E-state index >= 15 is 0 Å². The van der Waals surface area contributed by atoms with Crippen molar-refractivity contribution in [3.05, 3.63) is 64.1 Å². The number of hydrogen-bond acceptors (Lipinski definition) is 5. The molecule has 1 N–H and O–H groups in total. The molecule has 0 aliphatic carbocycles. The van der Waals surface area contributed by atoms with Crippen molar-refractivity contribution < 1.29 is 9.90 Å². The van der Waals surface area contributed by atoms with Crippen LogP contribution in [0.15, 0.2) is 57.5 Å². The third-order valence-corrected chi connectivity index (χ3v) is 4.88. The molecule has 29 heavy (non-hydrogen) atoms. The van der Waals surface area contributed by atoms with E-state index in [1.165, 1.54) is 7.05 Å². The van der Waals surface area contributed by atoms with Gasteiger partial charge in [-0.2, -0.15) is 5.10 Å². The molecule has 8 heteroatoms. The van der Waals surface area contributed by atoms with Gasteiger partial charge in [-0.1, -0.05) is 29.8 Å². The van der Waals surface area contributed by atoms with Crippen LogP contribution in [0.1, 0.15) is 23.0 Å².